The maximum absolute atomic E-state index is 12.7. The van der Waals surface area contributed by atoms with Gasteiger partial charge in [-0.2, -0.15) is 0 Å². The van der Waals surface area contributed by atoms with Crippen molar-refractivity contribution < 1.29 is 19.5 Å². The number of rotatable bonds is 8. The molecule has 2 aromatic rings. The zero-order valence-electron chi connectivity index (χ0n) is 16.1. The Morgan fingerprint density at radius 1 is 1.21 bits per heavy atom. The Labute approximate surface area is 163 Å². The zero-order chi connectivity index (χ0) is 20.3. The Bertz CT molecular complexity index is 906. The summed E-state index contributed by atoms with van der Waals surface area (Å²) in [7, 11) is 0. The van der Waals surface area contributed by atoms with Crippen LogP contribution in [0.3, 0.4) is 0 Å². The van der Waals surface area contributed by atoms with Crippen molar-refractivity contribution in [3.05, 3.63) is 41.6 Å². The topological polar surface area (TPSA) is 108 Å². The number of carboxylic acid groups (broad SMARTS) is 1. The lowest BCUT2D eigenvalue weighted by molar-refractivity contribution is -0.142. The minimum absolute atomic E-state index is 0.125. The maximum atomic E-state index is 12.7. The molecule has 7 nitrogen and oxygen atoms in total. The first-order valence-electron chi connectivity index (χ1n) is 9.55. The molecule has 0 radical (unpaired) electrons. The zero-order valence-corrected chi connectivity index (χ0v) is 16.1. The van der Waals surface area contributed by atoms with Crippen molar-refractivity contribution in [1.82, 2.24) is 15.6 Å². The number of aliphatic carboxylic acids is 1. The van der Waals surface area contributed by atoms with E-state index in [4.69, 9.17) is 0 Å². The van der Waals surface area contributed by atoms with Crippen molar-refractivity contribution in [3.8, 4) is 0 Å². The summed E-state index contributed by atoms with van der Waals surface area (Å²) in [4.78, 5) is 40.8. The quantitative estimate of drug-likeness (QED) is 0.649. The summed E-state index contributed by atoms with van der Waals surface area (Å²) < 4.78 is 0. The first kappa shape index (κ1) is 19.8. The average molecular weight is 383 g/mol. The first-order chi connectivity index (χ1) is 13.3. The van der Waals surface area contributed by atoms with Crippen molar-refractivity contribution in [1.29, 1.82) is 0 Å². The van der Waals surface area contributed by atoms with Crippen LogP contribution in [0, 0.1) is 5.92 Å². The molecule has 3 N–H and O–H groups in total. The lowest BCUT2D eigenvalue weighted by Crippen LogP contribution is -2.46. The number of nitrogens with one attached hydrogen (secondary N) is 2. The molecule has 0 unspecified atom stereocenters. The van der Waals surface area contributed by atoms with Crippen LogP contribution in [0.4, 0.5) is 0 Å². The van der Waals surface area contributed by atoms with Crippen LogP contribution in [0.1, 0.15) is 55.1 Å². The smallest absolute Gasteiger partial charge is 0.326 e. The molecular weight excluding hydrogens is 358 g/mol. The van der Waals surface area contributed by atoms with E-state index in [2.05, 4.69) is 15.6 Å². The molecule has 7 heteroatoms. The van der Waals surface area contributed by atoms with E-state index in [0.717, 1.165) is 29.4 Å². The summed E-state index contributed by atoms with van der Waals surface area (Å²) in [5.74, 6) is -1.46. The highest BCUT2D eigenvalue weighted by Gasteiger charge is 2.27. The number of carboxylic acids is 1. The fourth-order valence-electron chi connectivity index (χ4n) is 3.17. The van der Waals surface area contributed by atoms with Crippen molar-refractivity contribution >= 4 is 28.7 Å². The molecule has 1 aromatic heterocycles. The molecule has 1 aromatic carbocycles. The van der Waals surface area contributed by atoms with Crippen LogP contribution < -0.4 is 10.6 Å². The third kappa shape index (κ3) is 4.85. The van der Waals surface area contributed by atoms with E-state index >= 15 is 0 Å². The molecule has 1 atom stereocenters. The van der Waals surface area contributed by atoms with Crippen LogP contribution in [0.15, 0.2) is 30.3 Å². The number of pyridine rings is 1. The molecule has 2 amide bonds. The maximum Gasteiger partial charge on any atom is 0.326 e. The summed E-state index contributed by atoms with van der Waals surface area (Å²) in [5, 5.41) is 15.0. The van der Waals surface area contributed by atoms with E-state index in [9.17, 15) is 19.5 Å². The third-order valence-electron chi connectivity index (χ3n) is 4.73. The molecule has 28 heavy (non-hydrogen) atoms. The number of hydrogen-bond acceptors (Lipinski definition) is 4. The van der Waals surface area contributed by atoms with Crippen LogP contribution in [0.2, 0.25) is 0 Å². The van der Waals surface area contributed by atoms with Gasteiger partial charge in [0.15, 0.2) is 0 Å². The van der Waals surface area contributed by atoms with Gasteiger partial charge in [-0.05, 0) is 37.3 Å². The third-order valence-corrected chi connectivity index (χ3v) is 4.73. The monoisotopic (exact) mass is 383 g/mol. The predicted octanol–water partition coefficient (Wildman–Crippen LogP) is 2.46. The predicted molar refractivity (Wildman–Crippen MR) is 105 cm³/mol. The van der Waals surface area contributed by atoms with Crippen molar-refractivity contribution in [3.63, 3.8) is 0 Å². The fourth-order valence-corrected chi connectivity index (χ4v) is 3.17. The molecular formula is C21H25N3O4. The van der Waals surface area contributed by atoms with E-state index in [1.807, 2.05) is 38.1 Å². The number of para-hydroxylation sites is 1. The normalized spacial score (nSPS) is 14.7. The number of fused-ring (bicyclic) bond motifs is 1. The van der Waals surface area contributed by atoms with Gasteiger partial charge in [0.05, 0.1) is 17.6 Å². The summed E-state index contributed by atoms with van der Waals surface area (Å²) in [5.41, 5.74) is 2.14. The van der Waals surface area contributed by atoms with Gasteiger partial charge in [-0.15, -0.1) is 0 Å². The summed E-state index contributed by atoms with van der Waals surface area (Å²) in [6, 6.07) is 8.25. The molecule has 1 aliphatic carbocycles. The van der Waals surface area contributed by atoms with Gasteiger partial charge < -0.3 is 15.7 Å². The van der Waals surface area contributed by atoms with Gasteiger partial charge in [-0.25, -0.2) is 4.79 Å². The highest BCUT2D eigenvalue weighted by Crippen LogP contribution is 2.40. The fraction of sp³-hybridized carbons (Fsp3) is 0.429. The van der Waals surface area contributed by atoms with E-state index in [1.165, 1.54) is 0 Å². The summed E-state index contributed by atoms with van der Waals surface area (Å²) >= 11 is 0. The summed E-state index contributed by atoms with van der Waals surface area (Å²) in [6.07, 6.45) is 2.47. The highest BCUT2D eigenvalue weighted by atomic mass is 16.4. The average Bonchev–Trinajstić information content (AvgIpc) is 3.49. The number of carbonyl (C=O) groups excluding carboxylic acids is 2. The lowest BCUT2D eigenvalue weighted by atomic mass is 10.0. The van der Waals surface area contributed by atoms with Crippen LogP contribution in [0.25, 0.3) is 10.9 Å². The van der Waals surface area contributed by atoms with Gasteiger partial charge >= 0.3 is 5.97 Å². The molecule has 1 aliphatic rings. The second-order valence-electron chi connectivity index (χ2n) is 7.66. The molecule has 1 saturated carbocycles. The van der Waals surface area contributed by atoms with E-state index in [1.54, 1.807) is 6.07 Å². The first-order valence-corrected chi connectivity index (χ1v) is 9.55. The number of amides is 2. The van der Waals surface area contributed by atoms with Crippen molar-refractivity contribution in [2.45, 2.75) is 45.1 Å². The standard InChI is InChI=1S/C21H25N3O4/c1-12(2)9-18(21(27)28)24-19(25)11-22-20(26)15-10-17(13-7-8-13)23-16-6-4-3-5-14(15)16/h3-6,10,12-13,18H,7-9,11H2,1-2H3,(H,22,26)(H,24,25)(H,27,28)/t18-/m0/s1. The molecule has 0 aliphatic heterocycles. The largest absolute Gasteiger partial charge is 0.480 e. The molecule has 1 heterocycles. The van der Waals surface area contributed by atoms with E-state index in [-0.39, 0.29) is 18.4 Å². The Morgan fingerprint density at radius 3 is 2.57 bits per heavy atom. The van der Waals surface area contributed by atoms with Crippen LogP contribution in [0.5, 0.6) is 0 Å². The van der Waals surface area contributed by atoms with E-state index < -0.39 is 17.9 Å². The van der Waals surface area contributed by atoms with Gasteiger partial charge in [-0.3, -0.25) is 14.6 Å². The number of benzene rings is 1. The Morgan fingerprint density at radius 2 is 1.93 bits per heavy atom. The van der Waals surface area contributed by atoms with Gasteiger partial charge in [-0.1, -0.05) is 32.0 Å². The Hall–Kier alpha value is -2.96. The van der Waals surface area contributed by atoms with Crippen LogP contribution in [-0.2, 0) is 9.59 Å². The molecule has 3 rings (SSSR count). The molecule has 1 fully saturated rings. The second-order valence-corrected chi connectivity index (χ2v) is 7.66. The molecule has 0 saturated heterocycles. The Kier molecular flexibility index (Phi) is 5.92. The van der Waals surface area contributed by atoms with Crippen LogP contribution in [-0.4, -0.2) is 40.5 Å². The van der Waals surface area contributed by atoms with Gasteiger partial charge in [0, 0.05) is 17.0 Å². The number of nitrogens with zero attached hydrogens (tertiary/aromatic N) is 1. The van der Waals surface area contributed by atoms with E-state index in [0.29, 0.717) is 17.9 Å². The summed E-state index contributed by atoms with van der Waals surface area (Å²) in [6.45, 7) is 3.49. The molecule has 0 spiro atoms. The number of aromatic nitrogens is 1. The lowest BCUT2D eigenvalue weighted by Gasteiger charge is -2.17. The molecule has 0 bridgehead atoms. The van der Waals surface area contributed by atoms with Gasteiger partial charge in [0.25, 0.3) is 5.91 Å². The highest BCUT2D eigenvalue weighted by molar-refractivity contribution is 6.07. The number of carbonyl (C=O) groups is 3. The molecule has 148 valence electrons. The number of hydrogen-bond donors (Lipinski definition) is 3. The second kappa shape index (κ2) is 8.37. The SMILES string of the molecule is CC(C)C[C@H](NC(=O)CNC(=O)c1cc(C2CC2)nc2ccccc12)C(=O)O. The van der Waals surface area contributed by atoms with Gasteiger partial charge in [0.1, 0.15) is 6.04 Å². The Balaban J connectivity index is 1.69. The van der Waals surface area contributed by atoms with Gasteiger partial charge in [0.2, 0.25) is 5.91 Å². The minimum atomic E-state index is -1.08. The van der Waals surface area contributed by atoms with Crippen LogP contribution >= 0.6 is 0 Å². The minimum Gasteiger partial charge on any atom is -0.480 e. The van der Waals surface area contributed by atoms with Crippen molar-refractivity contribution in [2.24, 2.45) is 5.92 Å². The van der Waals surface area contributed by atoms with Crippen molar-refractivity contribution in [2.75, 3.05) is 6.54 Å².